The first kappa shape index (κ1) is 19.5. The number of hydrogen-bond acceptors (Lipinski definition) is 3. The summed E-state index contributed by atoms with van der Waals surface area (Å²) in [5.41, 5.74) is -0.441. The standard InChI is InChI=1S/C17H23BrFN3O3/c1-11-10-21(16(24)25-17(2,3)4)7-8-22(11)15(23)20-14-6-5-12(18)9-13(14)19/h5-6,9,11H,7-8,10H2,1-4H3,(H,20,23)/t11-/m1/s1. The number of piperazine rings is 1. The number of nitrogens with zero attached hydrogens (tertiary/aromatic N) is 2. The number of halogens is 2. The average Bonchev–Trinajstić information content (AvgIpc) is 2.48. The van der Waals surface area contributed by atoms with Gasteiger partial charge in [-0.15, -0.1) is 0 Å². The van der Waals surface area contributed by atoms with E-state index in [1.807, 2.05) is 27.7 Å². The van der Waals surface area contributed by atoms with Crippen LogP contribution in [0.5, 0.6) is 0 Å². The number of nitrogens with one attached hydrogen (secondary N) is 1. The Morgan fingerprint density at radius 2 is 2.00 bits per heavy atom. The quantitative estimate of drug-likeness (QED) is 0.751. The average molecular weight is 416 g/mol. The van der Waals surface area contributed by atoms with Gasteiger partial charge in [0.15, 0.2) is 0 Å². The number of anilines is 1. The van der Waals surface area contributed by atoms with Crippen molar-refractivity contribution in [2.24, 2.45) is 0 Å². The molecule has 1 aliphatic rings. The van der Waals surface area contributed by atoms with E-state index < -0.39 is 23.5 Å². The molecule has 8 heteroatoms. The zero-order valence-electron chi connectivity index (χ0n) is 14.8. The molecule has 25 heavy (non-hydrogen) atoms. The van der Waals surface area contributed by atoms with Crippen LogP contribution in [0, 0.1) is 5.82 Å². The predicted molar refractivity (Wildman–Crippen MR) is 97.1 cm³/mol. The fraction of sp³-hybridized carbons (Fsp3) is 0.529. The zero-order chi connectivity index (χ0) is 18.8. The Labute approximate surface area is 155 Å². The van der Waals surface area contributed by atoms with Crippen molar-refractivity contribution < 1.29 is 18.7 Å². The number of amides is 3. The number of carbonyl (C=O) groups is 2. The predicted octanol–water partition coefficient (Wildman–Crippen LogP) is 4.06. The Bertz CT molecular complexity index is 663. The highest BCUT2D eigenvalue weighted by atomic mass is 79.9. The lowest BCUT2D eigenvalue weighted by Gasteiger charge is -2.40. The molecule has 1 fully saturated rings. The normalized spacial score (nSPS) is 18.1. The summed E-state index contributed by atoms with van der Waals surface area (Å²) in [6.07, 6.45) is -0.390. The van der Waals surface area contributed by atoms with E-state index in [-0.39, 0.29) is 11.7 Å². The van der Waals surface area contributed by atoms with Gasteiger partial charge in [0.05, 0.1) is 5.69 Å². The van der Waals surface area contributed by atoms with Crippen LogP contribution in [0.1, 0.15) is 27.7 Å². The molecule has 1 aromatic rings. The van der Waals surface area contributed by atoms with Crippen LogP contribution in [-0.2, 0) is 4.74 Å². The second-order valence-corrected chi connectivity index (χ2v) is 7.94. The van der Waals surface area contributed by atoms with Crippen LogP contribution < -0.4 is 5.32 Å². The third-order valence-corrected chi connectivity index (χ3v) is 4.21. The highest BCUT2D eigenvalue weighted by molar-refractivity contribution is 9.10. The van der Waals surface area contributed by atoms with Crippen LogP contribution >= 0.6 is 15.9 Å². The van der Waals surface area contributed by atoms with Crippen LogP contribution in [0.15, 0.2) is 22.7 Å². The number of rotatable bonds is 1. The van der Waals surface area contributed by atoms with E-state index in [2.05, 4.69) is 21.2 Å². The SMILES string of the molecule is C[C@@H]1CN(C(=O)OC(C)(C)C)CCN1C(=O)Nc1ccc(Br)cc1F. The third-order valence-electron chi connectivity index (χ3n) is 3.71. The Kier molecular flexibility index (Phi) is 5.92. The van der Waals surface area contributed by atoms with E-state index in [4.69, 9.17) is 4.74 Å². The van der Waals surface area contributed by atoms with E-state index in [0.29, 0.717) is 24.1 Å². The number of carbonyl (C=O) groups excluding carboxylic acids is 2. The summed E-state index contributed by atoms with van der Waals surface area (Å²) in [6.45, 7) is 8.36. The lowest BCUT2D eigenvalue weighted by atomic mass is 10.2. The van der Waals surface area contributed by atoms with Crippen LogP contribution in [0.3, 0.4) is 0 Å². The molecule has 2 rings (SSSR count). The van der Waals surface area contributed by atoms with Gasteiger partial charge in [-0.2, -0.15) is 0 Å². The van der Waals surface area contributed by atoms with E-state index in [1.165, 1.54) is 12.1 Å². The summed E-state index contributed by atoms with van der Waals surface area (Å²) >= 11 is 3.18. The fourth-order valence-electron chi connectivity index (χ4n) is 2.53. The Morgan fingerprint density at radius 3 is 2.56 bits per heavy atom. The molecule has 3 amide bonds. The van der Waals surface area contributed by atoms with Gasteiger partial charge in [-0.25, -0.2) is 14.0 Å². The van der Waals surface area contributed by atoms with Gasteiger partial charge in [0.1, 0.15) is 11.4 Å². The molecular formula is C17H23BrFN3O3. The van der Waals surface area contributed by atoms with E-state index in [1.54, 1.807) is 15.9 Å². The lowest BCUT2D eigenvalue weighted by molar-refractivity contribution is 0.0112. The minimum Gasteiger partial charge on any atom is -0.444 e. The van der Waals surface area contributed by atoms with Crippen molar-refractivity contribution in [1.29, 1.82) is 0 Å². The molecule has 1 atom stereocenters. The Morgan fingerprint density at radius 1 is 1.32 bits per heavy atom. The van der Waals surface area contributed by atoms with Crippen molar-refractivity contribution in [2.75, 3.05) is 25.0 Å². The van der Waals surface area contributed by atoms with Crippen LogP contribution in [0.4, 0.5) is 19.7 Å². The molecule has 0 aromatic heterocycles. The molecule has 1 N–H and O–H groups in total. The van der Waals surface area contributed by atoms with Gasteiger partial charge < -0.3 is 19.9 Å². The van der Waals surface area contributed by atoms with Crippen molar-refractivity contribution in [2.45, 2.75) is 39.3 Å². The number of hydrogen-bond donors (Lipinski definition) is 1. The van der Waals surface area contributed by atoms with Gasteiger partial charge in [0.2, 0.25) is 0 Å². The molecular weight excluding hydrogens is 393 g/mol. The topological polar surface area (TPSA) is 61.9 Å². The molecule has 138 valence electrons. The highest BCUT2D eigenvalue weighted by Gasteiger charge is 2.32. The summed E-state index contributed by atoms with van der Waals surface area (Å²) in [5.74, 6) is -0.511. The molecule has 6 nitrogen and oxygen atoms in total. The van der Waals surface area contributed by atoms with Gasteiger partial charge in [-0.05, 0) is 45.9 Å². The molecule has 0 spiro atoms. The molecule has 1 aromatic carbocycles. The van der Waals surface area contributed by atoms with Gasteiger partial charge in [-0.3, -0.25) is 0 Å². The maximum atomic E-state index is 13.9. The first-order valence-electron chi connectivity index (χ1n) is 8.07. The highest BCUT2D eigenvalue weighted by Crippen LogP contribution is 2.21. The molecule has 0 aliphatic carbocycles. The molecule has 1 heterocycles. The number of ether oxygens (including phenoxy) is 1. The summed E-state index contributed by atoms with van der Waals surface area (Å²) in [4.78, 5) is 27.7. The molecule has 1 aliphatic heterocycles. The summed E-state index contributed by atoms with van der Waals surface area (Å²) < 4.78 is 19.8. The largest absolute Gasteiger partial charge is 0.444 e. The Hall–Kier alpha value is -1.83. The van der Waals surface area contributed by atoms with E-state index in [9.17, 15) is 14.0 Å². The molecule has 0 unspecified atom stereocenters. The molecule has 1 saturated heterocycles. The zero-order valence-corrected chi connectivity index (χ0v) is 16.4. The first-order chi connectivity index (χ1) is 11.6. The second-order valence-electron chi connectivity index (χ2n) is 7.02. The molecule has 0 saturated carbocycles. The molecule has 0 bridgehead atoms. The van der Waals surface area contributed by atoms with Crippen molar-refractivity contribution >= 4 is 33.7 Å². The minimum absolute atomic E-state index is 0.120. The monoisotopic (exact) mass is 415 g/mol. The van der Waals surface area contributed by atoms with Gasteiger partial charge in [0.25, 0.3) is 0 Å². The van der Waals surface area contributed by atoms with E-state index in [0.717, 1.165) is 0 Å². The summed E-state index contributed by atoms with van der Waals surface area (Å²) in [5, 5.41) is 2.58. The van der Waals surface area contributed by atoms with Crippen molar-refractivity contribution in [1.82, 2.24) is 9.80 Å². The first-order valence-corrected chi connectivity index (χ1v) is 8.87. The second kappa shape index (κ2) is 7.59. The summed E-state index contributed by atoms with van der Waals surface area (Å²) in [7, 11) is 0. The Balaban J connectivity index is 1.96. The summed E-state index contributed by atoms with van der Waals surface area (Å²) in [6, 6.07) is 3.85. The van der Waals surface area contributed by atoms with E-state index >= 15 is 0 Å². The minimum atomic E-state index is -0.562. The van der Waals surface area contributed by atoms with Crippen LogP contribution in [0.2, 0.25) is 0 Å². The number of benzene rings is 1. The maximum absolute atomic E-state index is 13.9. The van der Waals surface area contributed by atoms with Crippen LogP contribution in [-0.4, -0.2) is 53.2 Å². The van der Waals surface area contributed by atoms with Crippen molar-refractivity contribution in [3.8, 4) is 0 Å². The van der Waals surface area contributed by atoms with Gasteiger partial charge in [-0.1, -0.05) is 15.9 Å². The third kappa shape index (κ3) is 5.32. The van der Waals surface area contributed by atoms with Gasteiger partial charge >= 0.3 is 12.1 Å². The smallest absolute Gasteiger partial charge is 0.410 e. The van der Waals surface area contributed by atoms with Crippen molar-refractivity contribution in [3.63, 3.8) is 0 Å². The molecule has 0 radical (unpaired) electrons. The van der Waals surface area contributed by atoms with Gasteiger partial charge in [0, 0.05) is 30.1 Å². The fourth-order valence-corrected chi connectivity index (χ4v) is 2.86. The van der Waals surface area contributed by atoms with Crippen molar-refractivity contribution in [3.05, 3.63) is 28.5 Å². The maximum Gasteiger partial charge on any atom is 0.410 e. The number of urea groups is 1. The lowest BCUT2D eigenvalue weighted by Crippen LogP contribution is -2.57. The van der Waals surface area contributed by atoms with Crippen LogP contribution in [0.25, 0.3) is 0 Å².